The van der Waals surface area contributed by atoms with E-state index in [9.17, 15) is 14.0 Å². The predicted molar refractivity (Wildman–Crippen MR) is 85.1 cm³/mol. The van der Waals surface area contributed by atoms with Gasteiger partial charge in [0.05, 0.1) is 12.1 Å². The Hall–Kier alpha value is -1.73. The average molecular weight is 386 g/mol. The summed E-state index contributed by atoms with van der Waals surface area (Å²) in [5.41, 5.74) is 0.0397. The fraction of sp³-hybridized carbons (Fsp3) is 0.200. The number of hydrogen-bond acceptors (Lipinski definition) is 4. The number of rotatable bonds is 5. The molecule has 0 unspecified atom stereocenters. The Morgan fingerprint density at radius 2 is 2.18 bits per heavy atom. The summed E-state index contributed by atoms with van der Waals surface area (Å²) in [6.45, 7) is 1.84. The molecule has 116 valence electrons. The van der Waals surface area contributed by atoms with Crippen molar-refractivity contribution in [1.29, 1.82) is 0 Å². The van der Waals surface area contributed by atoms with E-state index in [1.54, 1.807) is 0 Å². The molecule has 22 heavy (non-hydrogen) atoms. The fourth-order valence-corrected chi connectivity index (χ4v) is 2.72. The van der Waals surface area contributed by atoms with Crippen molar-refractivity contribution < 1.29 is 18.7 Å². The molecule has 0 aliphatic rings. The highest BCUT2D eigenvalue weighted by Gasteiger charge is 2.20. The first-order valence-electron chi connectivity index (χ1n) is 6.43. The number of carbonyl (C=O) groups is 2. The van der Waals surface area contributed by atoms with Crippen molar-refractivity contribution in [3.63, 3.8) is 0 Å². The summed E-state index contributed by atoms with van der Waals surface area (Å²) >= 11 is 4.67. The predicted octanol–water partition coefficient (Wildman–Crippen LogP) is 3.51. The summed E-state index contributed by atoms with van der Waals surface area (Å²) in [6.07, 6.45) is -0.970. The molecule has 0 radical (unpaired) electrons. The smallest absolute Gasteiger partial charge is 0.340 e. The number of carbonyl (C=O) groups excluding carboxylic acids is 2. The Bertz CT molecular complexity index is 675. The van der Waals surface area contributed by atoms with E-state index in [0.717, 1.165) is 10.9 Å². The molecule has 1 atom stereocenters. The first kappa shape index (κ1) is 16.6. The van der Waals surface area contributed by atoms with Gasteiger partial charge in [-0.2, -0.15) is 0 Å². The van der Waals surface area contributed by atoms with E-state index in [1.807, 2.05) is 17.5 Å². The van der Waals surface area contributed by atoms with Crippen LogP contribution in [-0.4, -0.2) is 18.0 Å². The van der Waals surface area contributed by atoms with E-state index in [0.29, 0.717) is 11.0 Å². The lowest BCUT2D eigenvalue weighted by atomic mass is 10.2. The summed E-state index contributed by atoms with van der Waals surface area (Å²) in [5.74, 6) is -1.72. The van der Waals surface area contributed by atoms with Gasteiger partial charge in [0.15, 0.2) is 6.10 Å². The van der Waals surface area contributed by atoms with Gasteiger partial charge in [0.25, 0.3) is 5.91 Å². The molecule has 1 amide bonds. The van der Waals surface area contributed by atoms with Crippen LogP contribution in [0.15, 0.2) is 40.2 Å². The molecule has 0 spiro atoms. The zero-order valence-corrected chi connectivity index (χ0v) is 14.0. The normalized spacial score (nSPS) is 11.8. The third-order valence-corrected chi connectivity index (χ3v) is 4.39. The van der Waals surface area contributed by atoms with Crippen LogP contribution in [0, 0.1) is 5.82 Å². The molecule has 2 aromatic rings. The van der Waals surface area contributed by atoms with Gasteiger partial charge in [0, 0.05) is 9.35 Å². The molecule has 7 heteroatoms. The molecule has 1 heterocycles. The van der Waals surface area contributed by atoms with E-state index in [4.69, 9.17) is 4.74 Å². The van der Waals surface area contributed by atoms with E-state index < -0.39 is 23.8 Å². The number of nitrogens with one attached hydrogen (secondary N) is 1. The minimum atomic E-state index is -0.970. The SMILES string of the molecule is C[C@H](OC(=O)c1cc(F)ccc1Br)C(=O)NCc1cccs1. The molecule has 0 aliphatic heterocycles. The highest BCUT2D eigenvalue weighted by molar-refractivity contribution is 9.10. The van der Waals surface area contributed by atoms with Gasteiger partial charge in [-0.25, -0.2) is 9.18 Å². The zero-order chi connectivity index (χ0) is 16.1. The van der Waals surface area contributed by atoms with E-state index in [-0.39, 0.29) is 5.56 Å². The van der Waals surface area contributed by atoms with Crippen molar-refractivity contribution in [2.45, 2.75) is 19.6 Å². The summed E-state index contributed by atoms with van der Waals surface area (Å²) in [6, 6.07) is 7.47. The highest BCUT2D eigenvalue weighted by atomic mass is 79.9. The monoisotopic (exact) mass is 385 g/mol. The van der Waals surface area contributed by atoms with Gasteiger partial charge in [-0.1, -0.05) is 6.07 Å². The lowest BCUT2D eigenvalue weighted by molar-refractivity contribution is -0.129. The molecule has 0 aliphatic carbocycles. The number of ether oxygens (including phenoxy) is 1. The summed E-state index contributed by atoms with van der Waals surface area (Å²) < 4.78 is 18.6. The van der Waals surface area contributed by atoms with Gasteiger partial charge in [-0.3, -0.25) is 4.79 Å². The average Bonchev–Trinajstić information content (AvgIpc) is 3.00. The molecule has 1 aromatic carbocycles. The molecule has 1 N–H and O–H groups in total. The molecule has 0 fully saturated rings. The molecule has 0 saturated heterocycles. The van der Waals surface area contributed by atoms with Crippen molar-refractivity contribution in [2.24, 2.45) is 0 Å². The van der Waals surface area contributed by atoms with Gasteiger partial charge in [0.2, 0.25) is 0 Å². The Labute approximate surface area is 139 Å². The quantitative estimate of drug-likeness (QED) is 0.801. The second kappa shape index (κ2) is 7.51. The first-order valence-corrected chi connectivity index (χ1v) is 8.11. The number of benzene rings is 1. The number of halogens is 2. The van der Waals surface area contributed by atoms with E-state index in [1.165, 1.54) is 30.4 Å². The van der Waals surface area contributed by atoms with Gasteiger partial charge >= 0.3 is 5.97 Å². The first-order chi connectivity index (χ1) is 10.5. The zero-order valence-electron chi connectivity index (χ0n) is 11.6. The van der Waals surface area contributed by atoms with Gasteiger partial charge in [0.1, 0.15) is 5.82 Å². The number of hydrogen-bond donors (Lipinski definition) is 1. The van der Waals surface area contributed by atoms with Crippen LogP contribution in [0.5, 0.6) is 0 Å². The maximum absolute atomic E-state index is 13.2. The Kier molecular flexibility index (Phi) is 5.68. The van der Waals surface area contributed by atoms with Crippen LogP contribution < -0.4 is 5.32 Å². The Morgan fingerprint density at radius 1 is 1.41 bits per heavy atom. The molecular weight excluding hydrogens is 373 g/mol. The Morgan fingerprint density at radius 3 is 2.86 bits per heavy atom. The van der Waals surface area contributed by atoms with Crippen molar-refractivity contribution in [2.75, 3.05) is 0 Å². The molecule has 2 rings (SSSR count). The van der Waals surface area contributed by atoms with E-state index >= 15 is 0 Å². The summed E-state index contributed by atoms with van der Waals surface area (Å²) in [7, 11) is 0. The summed E-state index contributed by atoms with van der Waals surface area (Å²) in [4.78, 5) is 24.9. The second-order valence-electron chi connectivity index (χ2n) is 4.47. The maximum atomic E-state index is 13.2. The van der Waals surface area contributed by atoms with Gasteiger partial charge in [-0.05, 0) is 52.5 Å². The van der Waals surface area contributed by atoms with Crippen molar-refractivity contribution in [1.82, 2.24) is 5.32 Å². The topological polar surface area (TPSA) is 55.4 Å². The lowest BCUT2D eigenvalue weighted by Gasteiger charge is -2.13. The maximum Gasteiger partial charge on any atom is 0.340 e. The number of esters is 1. The molecule has 0 bridgehead atoms. The van der Waals surface area contributed by atoms with Crippen LogP contribution in [0.4, 0.5) is 4.39 Å². The van der Waals surface area contributed by atoms with Crippen molar-refractivity contribution in [3.05, 3.63) is 56.4 Å². The highest BCUT2D eigenvalue weighted by Crippen LogP contribution is 2.19. The molecule has 0 saturated carbocycles. The van der Waals surface area contributed by atoms with Gasteiger partial charge < -0.3 is 10.1 Å². The number of thiophene rings is 1. The standard InChI is InChI=1S/C15H13BrFNO3S/c1-9(14(19)18-8-11-3-2-6-22-11)21-15(20)12-7-10(17)4-5-13(12)16/h2-7,9H,8H2,1H3,(H,18,19)/t9-/m0/s1. The summed E-state index contributed by atoms with van der Waals surface area (Å²) in [5, 5.41) is 4.59. The minimum absolute atomic E-state index is 0.0397. The lowest BCUT2D eigenvalue weighted by Crippen LogP contribution is -2.35. The van der Waals surface area contributed by atoms with Crippen LogP contribution in [0.2, 0.25) is 0 Å². The van der Waals surface area contributed by atoms with Crippen molar-refractivity contribution >= 4 is 39.1 Å². The van der Waals surface area contributed by atoms with Crippen LogP contribution in [0.1, 0.15) is 22.2 Å². The Balaban J connectivity index is 1.92. The van der Waals surface area contributed by atoms with Crippen LogP contribution in [0.3, 0.4) is 0 Å². The largest absolute Gasteiger partial charge is 0.449 e. The second-order valence-corrected chi connectivity index (χ2v) is 6.36. The van der Waals surface area contributed by atoms with Crippen LogP contribution in [-0.2, 0) is 16.1 Å². The van der Waals surface area contributed by atoms with Gasteiger partial charge in [-0.15, -0.1) is 11.3 Å². The van der Waals surface area contributed by atoms with E-state index in [2.05, 4.69) is 21.2 Å². The molecule has 1 aromatic heterocycles. The number of amides is 1. The molecule has 4 nitrogen and oxygen atoms in total. The third kappa shape index (κ3) is 4.38. The van der Waals surface area contributed by atoms with Crippen LogP contribution >= 0.6 is 27.3 Å². The third-order valence-electron chi connectivity index (χ3n) is 2.82. The van der Waals surface area contributed by atoms with Crippen LogP contribution in [0.25, 0.3) is 0 Å². The minimum Gasteiger partial charge on any atom is -0.449 e. The molecular formula is C15H13BrFNO3S. The van der Waals surface area contributed by atoms with Crippen molar-refractivity contribution in [3.8, 4) is 0 Å². The fourth-order valence-electron chi connectivity index (χ4n) is 1.66.